The summed E-state index contributed by atoms with van der Waals surface area (Å²) in [5, 5.41) is 0. The maximum Gasteiger partial charge on any atom is 0.252 e. The van der Waals surface area contributed by atoms with Gasteiger partial charge in [0, 0.05) is 18.9 Å². The smallest absolute Gasteiger partial charge is 0.252 e. The second-order valence-electron chi connectivity index (χ2n) is 6.11. The average molecular weight is 345 g/mol. The van der Waals surface area contributed by atoms with Crippen molar-refractivity contribution in [2.45, 2.75) is 6.54 Å². The SMILES string of the molecule is NC(=O)c1cn(Cc2ccc(-c3ccc(F)cc3)cc2)c2cccnc12. The van der Waals surface area contributed by atoms with Crippen LogP contribution in [-0.2, 0) is 6.54 Å². The van der Waals surface area contributed by atoms with E-state index in [-0.39, 0.29) is 5.82 Å². The highest BCUT2D eigenvalue weighted by atomic mass is 19.1. The molecule has 4 nitrogen and oxygen atoms in total. The normalized spacial score (nSPS) is 11.0. The number of pyridine rings is 1. The lowest BCUT2D eigenvalue weighted by Crippen LogP contribution is -2.10. The van der Waals surface area contributed by atoms with E-state index in [2.05, 4.69) is 4.98 Å². The highest BCUT2D eigenvalue weighted by Gasteiger charge is 2.13. The Morgan fingerprint density at radius 1 is 1.00 bits per heavy atom. The number of hydrogen-bond donors (Lipinski definition) is 1. The van der Waals surface area contributed by atoms with Crippen LogP contribution in [0.25, 0.3) is 22.2 Å². The molecule has 0 atom stereocenters. The van der Waals surface area contributed by atoms with Crippen LogP contribution < -0.4 is 5.73 Å². The summed E-state index contributed by atoms with van der Waals surface area (Å²) in [5.41, 5.74) is 10.4. The van der Waals surface area contributed by atoms with Crippen molar-refractivity contribution in [1.82, 2.24) is 9.55 Å². The summed E-state index contributed by atoms with van der Waals surface area (Å²) in [6, 6.07) is 18.2. The van der Waals surface area contributed by atoms with Gasteiger partial charge < -0.3 is 10.3 Å². The Hall–Kier alpha value is -3.47. The maximum atomic E-state index is 13.1. The molecule has 0 fully saturated rings. The van der Waals surface area contributed by atoms with Crippen molar-refractivity contribution in [2.75, 3.05) is 0 Å². The fourth-order valence-corrected chi connectivity index (χ4v) is 3.08. The first-order chi connectivity index (χ1) is 12.6. The van der Waals surface area contributed by atoms with E-state index in [9.17, 15) is 9.18 Å². The van der Waals surface area contributed by atoms with E-state index >= 15 is 0 Å². The van der Waals surface area contributed by atoms with Crippen LogP contribution in [0.15, 0.2) is 73.1 Å². The van der Waals surface area contributed by atoms with E-state index in [4.69, 9.17) is 5.73 Å². The minimum atomic E-state index is -0.487. The molecule has 0 aliphatic heterocycles. The van der Waals surface area contributed by atoms with Crippen molar-refractivity contribution < 1.29 is 9.18 Å². The molecule has 0 aliphatic carbocycles. The molecular formula is C21H16FN3O. The number of halogens is 1. The van der Waals surface area contributed by atoms with Crippen LogP contribution in [0.3, 0.4) is 0 Å². The van der Waals surface area contributed by atoms with Gasteiger partial charge in [0.05, 0.1) is 11.1 Å². The highest BCUT2D eigenvalue weighted by Crippen LogP contribution is 2.23. The molecule has 0 radical (unpaired) electrons. The Morgan fingerprint density at radius 3 is 2.31 bits per heavy atom. The lowest BCUT2D eigenvalue weighted by atomic mass is 10.0. The van der Waals surface area contributed by atoms with Crippen molar-refractivity contribution in [2.24, 2.45) is 5.73 Å². The minimum Gasteiger partial charge on any atom is -0.365 e. The molecule has 128 valence electrons. The summed E-state index contributed by atoms with van der Waals surface area (Å²) >= 11 is 0. The summed E-state index contributed by atoms with van der Waals surface area (Å²) < 4.78 is 15.0. The second-order valence-corrected chi connectivity index (χ2v) is 6.11. The lowest BCUT2D eigenvalue weighted by molar-refractivity contribution is 0.100. The van der Waals surface area contributed by atoms with E-state index in [1.807, 2.05) is 41.0 Å². The number of nitrogens with zero attached hydrogens (tertiary/aromatic N) is 2. The molecule has 4 aromatic rings. The molecule has 0 saturated heterocycles. The van der Waals surface area contributed by atoms with Gasteiger partial charge in [0.2, 0.25) is 0 Å². The third kappa shape index (κ3) is 2.95. The molecule has 0 saturated carbocycles. The fourth-order valence-electron chi connectivity index (χ4n) is 3.08. The summed E-state index contributed by atoms with van der Waals surface area (Å²) in [6.07, 6.45) is 3.39. The molecule has 0 unspecified atom stereocenters. The number of hydrogen-bond acceptors (Lipinski definition) is 2. The molecule has 5 heteroatoms. The van der Waals surface area contributed by atoms with Gasteiger partial charge in [-0.3, -0.25) is 9.78 Å². The van der Waals surface area contributed by atoms with Gasteiger partial charge in [-0.2, -0.15) is 0 Å². The van der Waals surface area contributed by atoms with Crippen LogP contribution in [0.2, 0.25) is 0 Å². The highest BCUT2D eigenvalue weighted by molar-refractivity contribution is 6.04. The zero-order valence-electron chi connectivity index (χ0n) is 13.9. The molecule has 0 bridgehead atoms. The largest absolute Gasteiger partial charge is 0.365 e. The number of aromatic nitrogens is 2. The van der Waals surface area contributed by atoms with E-state index in [1.54, 1.807) is 24.5 Å². The molecule has 2 heterocycles. The van der Waals surface area contributed by atoms with Crippen molar-refractivity contribution in [3.05, 3.63) is 90.0 Å². The zero-order valence-corrected chi connectivity index (χ0v) is 13.9. The van der Waals surface area contributed by atoms with Gasteiger partial charge >= 0.3 is 0 Å². The van der Waals surface area contributed by atoms with Crippen LogP contribution in [0, 0.1) is 5.82 Å². The van der Waals surface area contributed by atoms with Gasteiger partial charge in [-0.1, -0.05) is 36.4 Å². The Balaban J connectivity index is 1.65. The third-order valence-electron chi connectivity index (χ3n) is 4.39. The van der Waals surface area contributed by atoms with E-state index < -0.39 is 5.91 Å². The van der Waals surface area contributed by atoms with Gasteiger partial charge in [-0.25, -0.2) is 4.39 Å². The number of benzene rings is 2. The Bertz CT molecular complexity index is 1080. The van der Waals surface area contributed by atoms with Crippen LogP contribution in [-0.4, -0.2) is 15.5 Å². The van der Waals surface area contributed by atoms with Gasteiger partial charge in [-0.15, -0.1) is 0 Å². The summed E-state index contributed by atoms with van der Waals surface area (Å²) in [6.45, 7) is 0.596. The van der Waals surface area contributed by atoms with E-state index in [0.29, 0.717) is 17.6 Å². The number of carbonyl (C=O) groups is 1. The van der Waals surface area contributed by atoms with Gasteiger partial charge in [0.25, 0.3) is 5.91 Å². The van der Waals surface area contributed by atoms with Crippen LogP contribution in [0.4, 0.5) is 4.39 Å². The molecule has 1 amide bonds. The number of fused-ring (bicyclic) bond motifs is 1. The average Bonchev–Trinajstić information content (AvgIpc) is 3.02. The minimum absolute atomic E-state index is 0.247. The summed E-state index contributed by atoms with van der Waals surface area (Å²) in [7, 11) is 0. The first kappa shape index (κ1) is 16.0. The van der Waals surface area contributed by atoms with Crippen molar-refractivity contribution in [1.29, 1.82) is 0 Å². The molecule has 2 aromatic carbocycles. The van der Waals surface area contributed by atoms with Crippen molar-refractivity contribution >= 4 is 16.9 Å². The molecule has 2 N–H and O–H groups in total. The molecule has 0 spiro atoms. The predicted molar refractivity (Wildman–Crippen MR) is 99.2 cm³/mol. The van der Waals surface area contributed by atoms with Crippen molar-refractivity contribution in [3.63, 3.8) is 0 Å². The summed E-state index contributed by atoms with van der Waals surface area (Å²) in [5.74, 6) is -0.733. The van der Waals surface area contributed by atoms with Gasteiger partial charge in [-0.05, 0) is 41.0 Å². The Morgan fingerprint density at radius 2 is 1.65 bits per heavy atom. The van der Waals surface area contributed by atoms with Crippen molar-refractivity contribution in [3.8, 4) is 11.1 Å². The Labute approximate surface area is 149 Å². The molecule has 2 aromatic heterocycles. The molecule has 4 rings (SSSR count). The predicted octanol–water partition coefficient (Wildman–Crippen LogP) is 3.99. The topological polar surface area (TPSA) is 60.9 Å². The number of rotatable bonds is 4. The zero-order chi connectivity index (χ0) is 18.1. The lowest BCUT2D eigenvalue weighted by Gasteiger charge is -2.07. The van der Waals surface area contributed by atoms with E-state index in [1.165, 1.54) is 12.1 Å². The molecule has 26 heavy (non-hydrogen) atoms. The van der Waals surface area contributed by atoms with E-state index in [0.717, 1.165) is 22.2 Å². The van der Waals surface area contributed by atoms with Gasteiger partial charge in [0.15, 0.2) is 0 Å². The van der Waals surface area contributed by atoms with Crippen LogP contribution in [0.5, 0.6) is 0 Å². The fraction of sp³-hybridized carbons (Fsp3) is 0.0476. The first-order valence-corrected chi connectivity index (χ1v) is 8.20. The number of amides is 1. The monoisotopic (exact) mass is 345 g/mol. The quantitative estimate of drug-likeness (QED) is 0.608. The van der Waals surface area contributed by atoms with Gasteiger partial charge in [0.1, 0.15) is 11.3 Å². The number of carbonyl (C=O) groups excluding carboxylic acids is 1. The molecular weight excluding hydrogens is 329 g/mol. The summed E-state index contributed by atoms with van der Waals surface area (Å²) in [4.78, 5) is 15.9. The molecule has 0 aliphatic rings. The standard InChI is InChI=1S/C21H16FN3O/c22-17-9-7-16(8-10-17)15-5-3-14(4-6-15)12-25-13-18(21(23)26)20-19(25)2-1-11-24-20/h1-11,13H,12H2,(H2,23,26). The third-order valence-corrected chi connectivity index (χ3v) is 4.39. The second kappa shape index (κ2) is 6.44. The maximum absolute atomic E-state index is 13.1. The number of nitrogens with two attached hydrogens (primary N) is 1. The van der Waals surface area contributed by atoms with Crippen LogP contribution in [0.1, 0.15) is 15.9 Å². The Kier molecular flexibility index (Phi) is 3.97. The first-order valence-electron chi connectivity index (χ1n) is 8.20. The van der Waals surface area contributed by atoms with Crippen LogP contribution >= 0.6 is 0 Å². The number of primary amides is 1.